The highest BCUT2D eigenvalue weighted by molar-refractivity contribution is 5.17. The van der Waals surface area contributed by atoms with E-state index >= 15 is 0 Å². The monoisotopic (exact) mass is 475 g/mol. The van der Waals surface area contributed by atoms with E-state index < -0.39 is 0 Å². The number of hydrogen-bond acceptors (Lipinski definition) is 2. The lowest BCUT2D eigenvalue weighted by Crippen LogP contribution is -2.21. The smallest absolute Gasteiger partial charge is 0.283 e. The highest BCUT2D eigenvalue weighted by atomic mass is 16.5. The lowest BCUT2D eigenvalue weighted by atomic mass is 10.0. The minimum Gasteiger partial charge on any atom is -0.425 e. The Kier molecular flexibility index (Phi) is 20.1. The molecule has 198 valence electrons. The molecule has 3 heteroatoms. The van der Waals surface area contributed by atoms with Gasteiger partial charge in [-0.2, -0.15) is 4.73 Å². The summed E-state index contributed by atoms with van der Waals surface area (Å²) in [5.41, 5.74) is 1.63. The van der Waals surface area contributed by atoms with Crippen LogP contribution in [0.4, 0.5) is 0 Å². The van der Waals surface area contributed by atoms with Gasteiger partial charge in [0.1, 0.15) is 0 Å². The zero-order valence-electron chi connectivity index (χ0n) is 22.9. The first-order valence-corrected chi connectivity index (χ1v) is 15.1. The van der Waals surface area contributed by atoms with Crippen LogP contribution >= 0.6 is 0 Å². The molecule has 0 spiro atoms. The summed E-state index contributed by atoms with van der Waals surface area (Å²) in [6, 6.07) is 3.69. The van der Waals surface area contributed by atoms with Crippen molar-refractivity contribution >= 4 is 0 Å². The zero-order valence-corrected chi connectivity index (χ0v) is 22.9. The van der Waals surface area contributed by atoms with Gasteiger partial charge in [0, 0.05) is 6.07 Å². The van der Waals surface area contributed by atoms with Crippen LogP contribution in [0.15, 0.2) is 16.9 Å². The molecule has 34 heavy (non-hydrogen) atoms. The third kappa shape index (κ3) is 16.4. The summed E-state index contributed by atoms with van der Waals surface area (Å²) in [6.07, 6.45) is 30.9. The number of hydrogen-bond donors (Lipinski definition) is 1. The van der Waals surface area contributed by atoms with E-state index in [-0.39, 0.29) is 5.56 Å². The molecule has 0 saturated heterocycles. The minimum absolute atomic E-state index is 0.265. The van der Waals surface area contributed by atoms with E-state index in [1.54, 1.807) is 6.07 Å². The molecule has 1 heterocycles. The molecule has 0 atom stereocenters. The molecule has 0 bridgehead atoms. The Morgan fingerprint density at radius 3 is 1.29 bits per heavy atom. The van der Waals surface area contributed by atoms with Crippen molar-refractivity contribution in [2.24, 2.45) is 0 Å². The Morgan fingerprint density at radius 2 is 0.882 bits per heavy atom. The van der Waals surface area contributed by atoms with Crippen LogP contribution in [0.25, 0.3) is 0 Å². The molecular formula is C31H57NO2. The summed E-state index contributed by atoms with van der Waals surface area (Å²) in [5.74, 6) is 0. The SMILES string of the molecule is CCCCCCCCCCCCCc1cc(CCCCCCCCCCCCC)n(O)c(=O)c1. The van der Waals surface area contributed by atoms with Gasteiger partial charge in [-0.1, -0.05) is 142 Å². The molecule has 3 nitrogen and oxygen atoms in total. The average molecular weight is 476 g/mol. The van der Waals surface area contributed by atoms with Gasteiger partial charge in [0.05, 0.1) is 5.69 Å². The number of aromatic nitrogens is 1. The maximum atomic E-state index is 12.2. The highest BCUT2D eigenvalue weighted by Gasteiger charge is 2.06. The average Bonchev–Trinajstić information content (AvgIpc) is 2.83. The van der Waals surface area contributed by atoms with Gasteiger partial charge in [0.15, 0.2) is 0 Å². The van der Waals surface area contributed by atoms with E-state index in [1.807, 2.05) is 0 Å². The maximum Gasteiger partial charge on any atom is 0.283 e. The third-order valence-electron chi connectivity index (χ3n) is 7.25. The van der Waals surface area contributed by atoms with Crippen molar-refractivity contribution in [2.45, 2.75) is 168 Å². The van der Waals surface area contributed by atoms with Gasteiger partial charge in [-0.3, -0.25) is 4.79 Å². The predicted octanol–water partition coefficient (Wildman–Crippen LogP) is 9.79. The normalized spacial score (nSPS) is 11.4. The lowest BCUT2D eigenvalue weighted by Gasteiger charge is -2.09. The third-order valence-corrected chi connectivity index (χ3v) is 7.25. The largest absolute Gasteiger partial charge is 0.425 e. The summed E-state index contributed by atoms with van der Waals surface area (Å²) in [5, 5.41) is 10.1. The molecule has 0 aliphatic rings. The van der Waals surface area contributed by atoms with Gasteiger partial charge < -0.3 is 5.21 Å². The quantitative estimate of drug-likeness (QED) is 0.119. The number of nitrogens with zero attached hydrogens (tertiary/aromatic N) is 1. The highest BCUT2D eigenvalue weighted by Crippen LogP contribution is 2.15. The molecule has 0 fully saturated rings. The minimum atomic E-state index is -0.265. The Bertz CT molecular complexity index is 637. The molecule has 0 radical (unpaired) electrons. The fourth-order valence-electron chi connectivity index (χ4n) is 4.96. The molecule has 0 amide bonds. The molecule has 0 aromatic carbocycles. The fraction of sp³-hybridized carbons (Fsp3) is 0.839. The first kappa shape index (κ1) is 30.8. The molecule has 1 aromatic rings. The molecular weight excluding hydrogens is 418 g/mol. The zero-order chi connectivity index (χ0) is 24.7. The first-order valence-electron chi connectivity index (χ1n) is 15.1. The fourth-order valence-corrected chi connectivity index (χ4v) is 4.96. The molecule has 0 aliphatic carbocycles. The van der Waals surface area contributed by atoms with Crippen molar-refractivity contribution in [1.82, 2.24) is 4.73 Å². The number of rotatable bonds is 24. The van der Waals surface area contributed by atoms with Crippen molar-refractivity contribution in [3.05, 3.63) is 33.7 Å². The summed E-state index contributed by atoms with van der Waals surface area (Å²) in [6.45, 7) is 4.54. The molecule has 1 rings (SSSR count). The topological polar surface area (TPSA) is 42.2 Å². The van der Waals surface area contributed by atoms with E-state index in [4.69, 9.17) is 0 Å². The van der Waals surface area contributed by atoms with Crippen LogP contribution in [0.2, 0.25) is 0 Å². The second-order valence-corrected chi connectivity index (χ2v) is 10.6. The molecule has 1 aromatic heterocycles. The molecule has 1 N–H and O–H groups in total. The van der Waals surface area contributed by atoms with Crippen molar-refractivity contribution < 1.29 is 5.21 Å². The number of pyridine rings is 1. The van der Waals surface area contributed by atoms with Crippen LogP contribution < -0.4 is 5.56 Å². The second-order valence-electron chi connectivity index (χ2n) is 10.6. The van der Waals surface area contributed by atoms with Crippen molar-refractivity contribution in [3.63, 3.8) is 0 Å². The Hall–Kier alpha value is -1.25. The Labute approximate surface area is 211 Å². The summed E-state index contributed by atoms with van der Waals surface area (Å²) in [4.78, 5) is 12.2. The van der Waals surface area contributed by atoms with E-state index in [0.717, 1.165) is 41.7 Å². The standard InChI is InChI=1S/C31H57NO2/c1-3-5-7-9-11-13-15-17-19-21-23-25-29-27-30(32(34)31(33)28-29)26-24-22-20-18-16-14-12-10-8-6-4-2/h27-28,34H,3-26H2,1-2H3. The summed E-state index contributed by atoms with van der Waals surface area (Å²) < 4.78 is 0.875. The van der Waals surface area contributed by atoms with Gasteiger partial charge >= 0.3 is 0 Å². The molecule has 0 aliphatic heterocycles. The molecule has 0 unspecified atom stereocenters. The van der Waals surface area contributed by atoms with E-state index in [9.17, 15) is 10.0 Å². The van der Waals surface area contributed by atoms with Crippen molar-refractivity contribution in [1.29, 1.82) is 0 Å². The number of aryl methyl sites for hydroxylation is 2. The van der Waals surface area contributed by atoms with E-state index in [1.165, 1.54) is 128 Å². The van der Waals surface area contributed by atoms with Gasteiger partial charge in [-0.05, 0) is 37.3 Å². The molecule has 0 saturated carbocycles. The van der Waals surface area contributed by atoms with Crippen LogP contribution in [0.3, 0.4) is 0 Å². The van der Waals surface area contributed by atoms with E-state index in [0.29, 0.717) is 0 Å². The Morgan fingerprint density at radius 1 is 0.529 bits per heavy atom. The van der Waals surface area contributed by atoms with Gasteiger partial charge in [-0.25, -0.2) is 0 Å². The van der Waals surface area contributed by atoms with Gasteiger partial charge in [0.25, 0.3) is 5.56 Å². The second kappa shape index (κ2) is 22.2. The van der Waals surface area contributed by atoms with Crippen molar-refractivity contribution in [2.75, 3.05) is 0 Å². The van der Waals surface area contributed by atoms with Crippen LogP contribution in [-0.4, -0.2) is 9.94 Å². The van der Waals surface area contributed by atoms with Crippen LogP contribution in [-0.2, 0) is 12.8 Å². The van der Waals surface area contributed by atoms with Crippen molar-refractivity contribution in [3.8, 4) is 0 Å². The lowest BCUT2D eigenvalue weighted by molar-refractivity contribution is 0.164. The van der Waals surface area contributed by atoms with Crippen LogP contribution in [0, 0.1) is 0 Å². The summed E-state index contributed by atoms with van der Waals surface area (Å²) in [7, 11) is 0. The maximum absolute atomic E-state index is 12.2. The van der Waals surface area contributed by atoms with Crippen LogP contribution in [0.5, 0.6) is 0 Å². The van der Waals surface area contributed by atoms with Gasteiger partial charge in [0.2, 0.25) is 0 Å². The summed E-state index contributed by atoms with van der Waals surface area (Å²) >= 11 is 0. The van der Waals surface area contributed by atoms with Crippen LogP contribution in [0.1, 0.15) is 166 Å². The van der Waals surface area contributed by atoms with E-state index in [2.05, 4.69) is 19.9 Å². The Balaban J connectivity index is 2.12. The van der Waals surface area contributed by atoms with Gasteiger partial charge in [-0.15, -0.1) is 0 Å². The predicted molar refractivity (Wildman–Crippen MR) is 148 cm³/mol. The number of unbranched alkanes of at least 4 members (excludes halogenated alkanes) is 20. The first-order chi connectivity index (χ1) is 16.7.